The molecule has 0 spiro atoms. The minimum absolute atomic E-state index is 0.150. The van der Waals surface area contributed by atoms with E-state index in [0.717, 1.165) is 0 Å². The van der Waals surface area contributed by atoms with E-state index in [1.165, 1.54) is 29.2 Å². The lowest BCUT2D eigenvalue weighted by Gasteiger charge is -2.42. The van der Waals surface area contributed by atoms with Crippen LogP contribution in [0.2, 0.25) is 0 Å². The van der Waals surface area contributed by atoms with Gasteiger partial charge >= 0.3 is 6.09 Å². The third kappa shape index (κ3) is 4.34. The van der Waals surface area contributed by atoms with E-state index in [2.05, 4.69) is 0 Å². The molecule has 0 aromatic heterocycles. The number of halogens is 1. The van der Waals surface area contributed by atoms with Crippen molar-refractivity contribution in [3.8, 4) is 0 Å². The van der Waals surface area contributed by atoms with Gasteiger partial charge in [0, 0.05) is 6.54 Å². The van der Waals surface area contributed by atoms with Crippen LogP contribution in [0.4, 0.5) is 9.18 Å². The Balaban J connectivity index is 1.94. The summed E-state index contributed by atoms with van der Waals surface area (Å²) in [6.07, 6.45) is -1.18. The smallest absolute Gasteiger partial charge is 0.410 e. The van der Waals surface area contributed by atoms with Gasteiger partial charge in [0.1, 0.15) is 23.1 Å². The highest BCUT2D eigenvalue weighted by Crippen LogP contribution is 2.36. The first-order valence-corrected chi connectivity index (χ1v) is 9.33. The fraction of sp³-hybridized carbons (Fsp3) is 0.409. The van der Waals surface area contributed by atoms with Crippen LogP contribution in [-0.4, -0.2) is 47.5 Å². The highest BCUT2D eigenvalue weighted by molar-refractivity contribution is 5.68. The number of carbonyl (C=O) groups is 1. The van der Waals surface area contributed by atoms with Crippen molar-refractivity contribution in [1.82, 2.24) is 4.90 Å². The Hall–Kier alpha value is -2.44. The van der Waals surface area contributed by atoms with E-state index in [9.17, 15) is 14.3 Å². The third-order valence-electron chi connectivity index (χ3n) is 4.68. The molecule has 5 nitrogen and oxygen atoms in total. The second-order valence-corrected chi connectivity index (χ2v) is 7.93. The number of hydrogen-bond acceptors (Lipinski definition) is 4. The monoisotopic (exact) mass is 387 g/mol. The molecule has 1 saturated heterocycles. The van der Waals surface area contributed by atoms with Gasteiger partial charge in [-0.2, -0.15) is 0 Å². The summed E-state index contributed by atoms with van der Waals surface area (Å²) in [5, 5.41) is 11.8. The van der Waals surface area contributed by atoms with Gasteiger partial charge in [0.15, 0.2) is 0 Å². The Morgan fingerprint density at radius 3 is 2.32 bits per heavy atom. The summed E-state index contributed by atoms with van der Waals surface area (Å²) in [5.41, 5.74) is -1.05. The van der Waals surface area contributed by atoms with Gasteiger partial charge in [-0.05, 0) is 44.0 Å². The molecule has 1 amide bonds. The van der Waals surface area contributed by atoms with Gasteiger partial charge in [-0.25, -0.2) is 9.18 Å². The van der Waals surface area contributed by atoms with Gasteiger partial charge in [0.25, 0.3) is 0 Å². The first-order chi connectivity index (χ1) is 13.2. The number of aliphatic hydroxyl groups is 1. The van der Waals surface area contributed by atoms with E-state index in [0.29, 0.717) is 17.7 Å². The Kier molecular flexibility index (Phi) is 5.72. The van der Waals surface area contributed by atoms with Crippen molar-refractivity contribution in [1.29, 1.82) is 0 Å². The lowest BCUT2D eigenvalue weighted by Crippen LogP contribution is -2.55. The van der Waals surface area contributed by atoms with E-state index < -0.39 is 23.4 Å². The van der Waals surface area contributed by atoms with Crippen molar-refractivity contribution in [2.75, 3.05) is 19.7 Å². The molecule has 2 aromatic rings. The normalized spacial score (nSPS) is 19.8. The molecule has 0 aliphatic carbocycles. The molecular weight excluding hydrogens is 361 g/mol. The molecule has 3 rings (SSSR count). The van der Waals surface area contributed by atoms with Crippen LogP contribution in [-0.2, 0) is 15.1 Å². The number of hydrogen-bond donors (Lipinski definition) is 1. The molecule has 2 unspecified atom stereocenters. The van der Waals surface area contributed by atoms with Crippen LogP contribution in [0.25, 0.3) is 0 Å². The maximum absolute atomic E-state index is 13.5. The second-order valence-electron chi connectivity index (χ2n) is 7.93. The predicted octanol–water partition coefficient (Wildman–Crippen LogP) is 3.70. The summed E-state index contributed by atoms with van der Waals surface area (Å²) in [4.78, 5) is 14.1. The summed E-state index contributed by atoms with van der Waals surface area (Å²) < 4.78 is 24.8. The molecular formula is C22H26FNO4. The van der Waals surface area contributed by atoms with Crippen LogP contribution >= 0.6 is 0 Å². The van der Waals surface area contributed by atoms with Gasteiger partial charge in [0.05, 0.1) is 13.2 Å². The lowest BCUT2D eigenvalue weighted by molar-refractivity contribution is -0.127. The van der Waals surface area contributed by atoms with Crippen LogP contribution in [0.5, 0.6) is 0 Å². The average molecular weight is 387 g/mol. The molecule has 1 aliphatic rings. The van der Waals surface area contributed by atoms with Crippen LogP contribution in [0.1, 0.15) is 31.9 Å². The minimum atomic E-state index is -1.55. The summed E-state index contributed by atoms with van der Waals surface area (Å²) in [6.45, 7) is 6.21. The number of carbonyl (C=O) groups excluding carboxylic acids is 1. The number of morpholine rings is 1. The molecule has 1 heterocycles. The van der Waals surface area contributed by atoms with Gasteiger partial charge < -0.3 is 19.5 Å². The second kappa shape index (κ2) is 7.89. The van der Waals surface area contributed by atoms with Crippen LogP contribution in [0.3, 0.4) is 0 Å². The fourth-order valence-electron chi connectivity index (χ4n) is 3.33. The number of nitrogens with zero attached hydrogens (tertiary/aromatic N) is 1. The molecule has 2 atom stereocenters. The lowest BCUT2D eigenvalue weighted by atomic mass is 9.81. The molecule has 1 N–H and O–H groups in total. The van der Waals surface area contributed by atoms with Gasteiger partial charge in [-0.3, -0.25) is 0 Å². The van der Waals surface area contributed by atoms with Crippen molar-refractivity contribution in [3.05, 3.63) is 71.5 Å². The molecule has 1 fully saturated rings. The van der Waals surface area contributed by atoms with E-state index in [4.69, 9.17) is 9.47 Å². The highest BCUT2D eigenvalue weighted by Gasteiger charge is 2.44. The largest absolute Gasteiger partial charge is 0.444 e. The standard InChI is InChI=1S/C22H26FNO4/c1-21(2,3)28-20(25)24-13-14-27-19(15-24)22(26,16-7-5-4-6-8-16)17-9-11-18(23)12-10-17/h4-12,19,26H,13-15H2,1-3H3. The van der Waals surface area contributed by atoms with Gasteiger partial charge in [-0.1, -0.05) is 42.5 Å². The zero-order valence-electron chi connectivity index (χ0n) is 16.4. The molecule has 0 saturated carbocycles. The maximum Gasteiger partial charge on any atom is 0.410 e. The Morgan fingerprint density at radius 2 is 1.71 bits per heavy atom. The average Bonchev–Trinajstić information content (AvgIpc) is 2.67. The molecule has 28 heavy (non-hydrogen) atoms. The van der Waals surface area contributed by atoms with Crippen molar-refractivity contribution in [2.24, 2.45) is 0 Å². The zero-order chi connectivity index (χ0) is 20.4. The molecule has 150 valence electrons. The van der Waals surface area contributed by atoms with Crippen LogP contribution in [0.15, 0.2) is 54.6 Å². The van der Waals surface area contributed by atoms with E-state index >= 15 is 0 Å². The Bertz CT molecular complexity index is 804. The Morgan fingerprint density at radius 1 is 1.11 bits per heavy atom. The van der Waals surface area contributed by atoms with Gasteiger partial charge in [-0.15, -0.1) is 0 Å². The van der Waals surface area contributed by atoms with E-state index in [-0.39, 0.29) is 19.0 Å². The van der Waals surface area contributed by atoms with Crippen molar-refractivity contribution in [3.63, 3.8) is 0 Å². The topological polar surface area (TPSA) is 59.0 Å². The molecule has 0 bridgehead atoms. The Labute approximate surface area is 164 Å². The third-order valence-corrected chi connectivity index (χ3v) is 4.68. The van der Waals surface area contributed by atoms with Gasteiger partial charge in [0.2, 0.25) is 0 Å². The predicted molar refractivity (Wildman–Crippen MR) is 103 cm³/mol. The molecule has 2 aromatic carbocycles. The number of amides is 1. The quantitative estimate of drug-likeness (QED) is 0.873. The summed E-state index contributed by atoms with van der Waals surface area (Å²) in [7, 11) is 0. The van der Waals surface area contributed by atoms with Crippen LogP contribution < -0.4 is 0 Å². The highest BCUT2D eigenvalue weighted by atomic mass is 19.1. The van der Waals surface area contributed by atoms with Crippen LogP contribution in [0, 0.1) is 5.82 Å². The SMILES string of the molecule is CC(C)(C)OC(=O)N1CCOC(C(O)(c2ccccc2)c2ccc(F)cc2)C1. The van der Waals surface area contributed by atoms with Crippen molar-refractivity contribution < 1.29 is 23.8 Å². The molecule has 0 radical (unpaired) electrons. The maximum atomic E-state index is 13.5. The fourth-order valence-corrected chi connectivity index (χ4v) is 3.33. The first kappa shape index (κ1) is 20.3. The van der Waals surface area contributed by atoms with Crippen molar-refractivity contribution in [2.45, 2.75) is 38.1 Å². The first-order valence-electron chi connectivity index (χ1n) is 9.33. The summed E-state index contributed by atoms with van der Waals surface area (Å²) >= 11 is 0. The van der Waals surface area contributed by atoms with E-state index in [1.54, 1.807) is 12.1 Å². The summed E-state index contributed by atoms with van der Waals surface area (Å²) in [5.74, 6) is -0.390. The van der Waals surface area contributed by atoms with E-state index in [1.807, 2.05) is 39.0 Å². The zero-order valence-corrected chi connectivity index (χ0v) is 16.4. The number of rotatable bonds is 3. The number of ether oxygens (including phenoxy) is 2. The minimum Gasteiger partial charge on any atom is -0.444 e. The van der Waals surface area contributed by atoms with Crippen molar-refractivity contribution >= 4 is 6.09 Å². The summed E-state index contributed by atoms with van der Waals surface area (Å²) in [6, 6.07) is 14.8. The molecule has 1 aliphatic heterocycles. The molecule has 6 heteroatoms. The number of benzene rings is 2.